The van der Waals surface area contributed by atoms with Gasteiger partial charge in [-0.05, 0) is 55.5 Å². The quantitative estimate of drug-likeness (QED) is 0.860. The molecule has 0 bridgehead atoms. The van der Waals surface area contributed by atoms with Crippen LogP contribution in [0.5, 0.6) is 11.5 Å². The zero-order valence-electron chi connectivity index (χ0n) is 12.9. The summed E-state index contributed by atoms with van der Waals surface area (Å²) in [4.78, 5) is 12.2. The minimum atomic E-state index is -0.365. The van der Waals surface area contributed by atoms with Crippen molar-refractivity contribution in [3.63, 3.8) is 0 Å². The minimum absolute atomic E-state index is 0.110. The number of anilines is 2. The molecule has 22 heavy (non-hydrogen) atoms. The number of nitrogens with one attached hydrogen (secondary N) is 2. The Morgan fingerprint density at radius 3 is 1.77 bits per heavy atom. The fraction of sp³-hybridized carbons (Fsp3) is 0.235. The van der Waals surface area contributed by atoms with E-state index in [0.29, 0.717) is 0 Å². The van der Waals surface area contributed by atoms with E-state index in [9.17, 15) is 4.79 Å². The Kier molecular flexibility index (Phi) is 5.25. The van der Waals surface area contributed by atoms with Crippen LogP contribution in [0.25, 0.3) is 0 Å². The van der Waals surface area contributed by atoms with Crippen molar-refractivity contribution in [3.8, 4) is 11.5 Å². The number of benzene rings is 2. The number of rotatable bonds is 6. The van der Waals surface area contributed by atoms with Crippen molar-refractivity contribution in [2.45, 2.75) is 13.0 Å². The minimum Gasteiger partial charge on any atom is -0.497 e. The van der Waals surface area contributed by atoms with Crippen molar-refractivity contribution in [2.24, 2.45) is 0 Å². The van der Waals surface area contributed by atoms with Crippen LogP contribution in [0.4, 0.5) is 11.4 Å². The van der Waals surface area contributed by atoms with E-state index in [1.807, 2.05) is 31.2 Å². The molecule has 0 radical (unpaired) electrons. The molecule has 116 valence electrons. The van der Waals surface area contributed by atoms with Gasteiger partial charge in [0.05, 0.1) is 14.2 Å². The molecule has 0 aliphatic heterocycles. The largest absolute Gasteiger partial charge is 0.497 e. The SMILES string of the molecule is COc1ccc(NC(=O)[C@@H](C)Nc2ccc(OC)cc2)cc1. The maximum atomic E-state index is 12.2. The van der Waals surface area contributed by atoms with Crippen LogP contribution in [-0.4, -0.2) is 26.2 Å². The first kappa shape index (κ1) is 15.7. The van der Waals surface area contributed by atoms with Gasteiger partial charge in [0.1, 0.15) is 17.5 Å². The van der Waals surface area contributed by atoms with Crippen molar-refractivity contribution < 1.29 is 14.3 Å². The van der Waals surface area contributed by atoms with Crippen LogP contribution in [0.15, 0.2) is 48.5 Å². The van der Waals surface area contributed by atoms with Gasteiger partial charge < -0.3 is 20.1 Å². The topological polar surface area (TPSA) is 59.6 Å². The Balaban J connectivity index is 1.92. The second kappa shape index (κ2) is 7.36. The molecule has 1 atom stereocenters. The molecule has 5 heteroatoms. The highest BCUT2D eigenvalue weighted by Crippen LogP contribution is 2.17. The molecule has 0 heterocycles. The van der Waals surface area contributed by atoms with E-state index in [4.69, 9.17) is 9.47 Å². The van der Waals surface area contributed by atoms with E-state index in [1.165, 1.54) is 0 Å². The Bertz CT molecular complexity index is 609. The van der Waals surface area contributed by atoms with E-state index in [-0.39, 0.29) is 11.9 Å². The number of carbonyl (C=O) groups excluding carboxylic acids is 1. The van der Waals surface area contributed by atoms with Gasteiger partial charge in [0.2, 0.25) is 5.91 Å². The fourth-order valence-electron chi connectivity index (χ4n) is 1.93. The summed E-state index contributed by atoms with van der Waals surface area (Å²) in [6.07, 6.45) is 0. The van der Waals surface area contributed by atoms with E-state index in [0.717, 1.165) is 22.9 Å². The zero-order valence-corrected chi connectivity index (χ0v) is 12.9. The summed E-state index contributed by atoms with van der Waals surface area (Å²) < 4.78 is 10.2. The molecule has 0 aromatic heterocycles. The summed E-state index contributed by atoms with van der Waals surface area (Å²) in [6.45, 7) is 1.81. The predicted octanol–water partition coefficient (Wildman–Crippen LogP) is 3.14. The third-order valence-electron chi connectivity index (χ3n) is 3.22. The molecule has 2 N–H and O–H groups in total. The van der Waals surface area contributed by atoms with Crippen LogP contribution in [0.3, 0.4) is 0 Å². The lowest BCUT2D eigenvalue weighted by Crippen LogP contribution is -2.31. The summed E-state index contributed by atoms with van der Waals surface area (Å²) >= 11 is 0. The van der Waals surface area contributed by atoms with Gasteiger partial charge in [-0.2, -0.15) is 0 Å². The Hall–Kier alpha value is -2.69. The van der Waals surface area contributed by atoms with Crippen molar-refractivity contribution in [1.29, 1.82) is 0 Å². The molecule has 0 spiro atoms. The number of methoxy groups -OCH3 is 2. The van der Waals surface area contributed by atoms with E-state index < -0.39 is 0 Å². The highest BCUT2D eigenvalue weighted by Gasteiger charge is 2.12. The summed E-state index contributed by atoms with van der Waals surface area (Å²) in [5, 5.41) is 6.00. The molecule has 0 aliphatic carbocycles. The zero-order chi connectivity index (χ0) is 15.9. The van der Waals surface area contributed by atoms with Crippen LogP contribution in [0.1, 0.15) is 6.92 Å². The van der Waals surface area contributed by atoms with Gasteiger partial charge in [0, 0.05) is 11.4 Å². The third-order valence-corrected chi connectivity index (χ3v) is 3.22. The Morgan fingerprint density at radius 1 is 0.864 bits per heavy atom. The van der Waals surface area contributed by atoms with Gasteiger partial charge in [-0.3, -0.25) is 4.79 Å². The Morgan fingerprint density at radius 2 is 1.32 bits per heavy atom. The average molecular weight is 300 g/mol. The number of carbonyl (C=O) groups is 1. The monoisotopic (exact) mass is 300 g/mol. The highest BCUT2D eigenvalue weighted by molar-refractivity contribution is 5.96. The molecule has 2 rings (SSSR count). The van der Waals surface area contributed by atoms with Gasteiger partial charge in [0.25, 0.3) is 0 Å². The van der Waals surface area contributed by atoms with Crippen molar-refractivity contribution in [1.82, 2.24) is 0 Å². The maximum absolute atomic E-state index is 12.2. The first-order valence-electron chi connectivity index (χ1n) is 6.98. The van der Waals surface area contributed by atoms with Crippen LogP contribution in [-0.2, 0) is 4.79 Å². The number of amides is 1. The standard InChI is InChI=1S/C17H20N2O3/c1-12(18-13-4-8-15(21-2)9-5-13)17(20)19-14-6-10-16(22-3)11-7-14/h4-12,18H,1-3H3,(H,19,20)/t12-/m1/s1. The molecule has 2 aromatic carbocycles. The van der Waals surface area contributed by atoms with E-state index in [2.05, 4.69) is 10.6 Å². The highest BCUT2D eigenvalue weighted by atomic mass is 16.5. The van der Waals surface area contributed by atoms with Gasteiger partial charge in [-0.1, -0.05) is 0 Å². The van der Waals surface area contributed by atoms with Crippen molar-refractivity contribution >= 4 is 17.3 Å². The lowest BCUT2D eigenvalue weighted by Gasteiger charge is -2.15. The van der Waals surface area contributed by atoms with Crippen LogP contribution in [0.2, 0.25) is 0 Å². The van der Waals surface area contributed by atoms with E-state index in [1.54, 1.807) is 38.5 Å². The molecular formula is C17H20N2O3. The van der Waals surface area contributed by atoms with Gasteiger partial charge in [0.15, 0.2) is 0 Å². The number of hydrogen-bond donors (Lipinski definition) is 2. The second-order valence-electron chi connectivity index (χ2n) is 4.81. The summed E-state index contributed by atoms with van der Waals surface area (Å²) in [7, 11) is 3.22. The lowest BCUT2D eigenvalue weighted by atomic mass is 10.2. The van der Waals surface area contributed by atoms with Crippen molar-refractivity contribution in [3.05, 3.63) is 48.5 Å². The van der Waals surface area contributed by atoms with E-state index >= 15 is 0 Å². The van der Waals surface area contributed by atoms with Crippen molar-refractivity contribution in [2.75, 3.05) is 24.9 Å². The molecule has 2 aromatic rings. The lowest BCUT2D eigenvalue weighted by molar-refractivity contribution is -0.116. The third kappa shape index (κ3) is 4.15. The first-order chi connectivity index (χ1) is 10.6. The normalized spacial score (nSPS) is 11.4. The number of ether oxygens (including phenoxy) is 2. The van der Waals surface area contributed by atoms with Gasteiger partial charge in [-0.25, -0.2) is 0 Å². The van der Waals surface area contributed by atoms with Crippen LogP contribution >= 0.6 is 0 Å². The molecule has 0 aliphatic rings. The van der Waals surface area contributed by atoms with Gasteiger partial charge in [-0.15, -0.1) is 0 Å². The molecule has 5 nitrogen and oxygen atoms in total. The van der Waals surface area contributed by atoms with Gasteiger partial charge >= 0.3 is 0 Å². The Labute approximate surface area is 130 Å². The number of hydrogen-bond acceptors (Lipinski definition) is 4. The molecule has 0 saturated heterocycles. The first-order valence-corrected chi connectivity index (χ1v) is 6.98. The summed E-state index contributed by atoms with van der Waals surface area (Å²) in [6, 6.07) is 14.3. The maximum Gasteiger partial charge on any atom is 0.246 e. The molecular weight excluding hydrogens is 280 g/mol. The van der Waals surface area contributed by atoms with Crippen LogP contribution < -0.4 is 20.1 Å². The summed E-state index contributed by atoms with van der Waals surface area (Å²) in [5.74, 6) is 1.42. The molecule has 0 saturated carbocycles. The predicted molar refractivity (Wildman–Crippen MR) is 87.7 cm³/mol. The molecule has 0 unspecified atom stereocenters. The second-order valence-corrected chi connectivity index (χ2v) is 4.81. The fourth-order valence-corrected chi connectivity index (χ4v) is 1.93. The molecule has 0 fully saturated rings. The average Bonchev–Trinajstić information content (AvgIpc) is 2.56. The van der Waals surface area contributed by atoms with Crippen LogP contribution in [0, 0.1) is 0 Å². The summed E-state index contributed by atoms with van der Waals surface area (Å²) in [5.41, 5.74) is 1.59. The molecule has 1 amide bonds. The smallest absolute Gasteiger partial charge is 0.246 e.